The second-order valence-corrected chi connectivity index (χ2v) is 5.98. The molecule has 2 rings (SSSR count). The molecule has 1 aromatic rings. The van der Waals surface area contributed by atoms with Crippen LogP contribution in [0.3, 0.4) is 0 Å². The number of ether oxygens (including phenoxy) is 1. The van der Waals surface area contributed by atoms with E-state index in [2.05, 4.69) is 5.32 Å². The molecule has 0 radical (unpaired) electrons. The van der Waals surface area contributed by atoms with E-state index < -0.39 is 0 Å². The maximum atomic E-state index is 11.8. The summed E-state index contributed by atoms with van der Waals surface area (Å²) in [6, 6.07) is 5.48. The SMILES string of the molecule is CCOC(=O)c1ccc(CC2CCCCC2)c(NC(C)=O)c1. The first-order chi connectivity index (χ1) is 10.6. The molecule has 4 nitrogen and oxygen atoms in total. The van der Waals surface area contributed by atoms with E-state index in [-0.39, 0.29) is 11.9 Å². The van der Waals surface area contributed by atoms with E-state index in [9.17, 15) is 9.59 Å². The van der Waals surface area contributed by atoms with E-state index in [0.29, 0.717) is 18.1 Å². The third-order valence-electron chi connectivity index (χ3n) is 4.17. The zero-order valence-corrected chi connectivity index (χ0v) is 13.5. The number of anilines is 1. The number of hydrogen-bond acceptors (Lipinski definition) is 3. The van der Waals surface area contributed by atoms with E-state index in [1.807, 2.05) is 6.07 Å². The van der Waals surface area contributed by atoms with Crippen LogP contribution in [-0.2, 0) is 16.0 Å². The zero-order chi connectivity index (χ0) is 15.9. The molecule has 1 amide bonds. The van der Waals surface area contributed by atoms with Crippen LogP contribution in [0.5, 0.6) is 0 Å². The van der Waals surface area contributed by atoms with Crippen molar-refractivity contribution in [2.45, 2.75) is 52.4 Å². The molecule has 0 atom stereocenters. The van der Waals surface area contributed by atoms with Gasteiger partial charge in [0.05, 0.1) is 12.2 Å². The average Bonchev–Trinajstić information content (AvgIpc) is 2.50. The summed E-state index contributed by atoms with van der Waals surface area (Å²) in [5, 5.41) is 2.85. The summed E-state index contributed by atoms with van der Waals surface area (Å²) in [5.74, 6) is 0.207. The van der Waals surface area contributed by atoms with Crippen molar-refractivity contribution in [2.75, 3.05) is 11.9 Å². The lowest BCUT2D eigenvalue weighted by molar-refractivity contribution is -0.114. The number of hydrogen-bond donors (Lipinski definition) is 1. The van der Waals surface area contributed by atoms with Crippen molar-refractivity contribution in [3.63, 3.8) is 0 Å². The third-order valence-corrected chi connectivity index (χ3v) is 4.17. The van der Waals surface area contributed by atoms with Crippen molar-refractivity contribution in [1.82, 2.24) is 0 Å². The number of esters is 1. The number of rotatable bonds is 5. The van der Waals surface area contributed by atoms with Gasteiger partial charge in [-0.05, 0) is 37.0 Å². The van der Waals surface area contributed by atoms with Crippen molar-refractivity contribution in [3.05, 3.63) is 29.3 Å². The Hall–Kier alpha value is -1.84. The lowest BCUT2D eigenvalue weighted by Gasteiger charge is -2.23. The second-order valence-electron chi connectivity index (χ2n) is 5.98. The van der Waals surface area contributed by atoms with Gasteiger partial charge in [-0.15, -0.1) is 0 Å². The van der Waals surface area contributed by atoms with Gasteiger partial charge in [-0.25, -0.2) is 4.79 Å². The van der Waals surface area contributed by atoms with Gasteiger partial charge in [0.2, 0.25) is 5.91 Å². The summed E-state index contributed by atoms with van der Waals surface area (Å²) >= 11 is 0. The molecule has 1 aliphatic rings. The van der Waals surface area contributed by atoms with Crippen molar-refractivity contribution < 1.29 is 14.3 Å². The Morgan fingerprint density at radius 2 is 1.95 bits per heavy atom. The maximum Gasteiger partial charge on any atom is 0.338 e. The molecule has 0 aliphatic heterocycles. The van der Waals surface area contributed by atoms with Crippen molar-refractivity contribution >= 4 is 17.6 Å². The molecule has 0 aromatic heterocycles. The highest BCUT2D eigenvalue weighted by Crippen LogP contribution is 2.30. The molecule has 1 saturated carbocycles. The van der Waals surface area contributed by atoms with E-state index >= 15 is 0 Å². The lowest BCUT2D eigenvalue weighted by Crippen LogP contribution is -2.14. The first kappa shape index (κ1) is 16.5. The molecule has 0 unspecified atom stereocenters. The van der Waals surface area contributed by atoms with Crippen LogP contribution in [-0.4, -0.2) is 18.5 Å². The van der Waals surface area contributed by atoms with Crippen molar-refractivity contribution in [1.29, 1.82) is 0 Å². The van der Waals surface area contributed by atoms with Gasteiger partial charge in [-0.2, -0.15) is 0 Å². The predicted octanol–water partition coefficient (Wildman–Crippen LogP) is 3.94. The molecule has 1 aromatic carbocycles. The van der Waals surface area contributed by atoms with Gasteiger partial charge in [-0.3, -0.25) is 4.79 Å². The third kappa shape index (κ3) is 4.58. The number of benzene rings is 1. The van der Waals surface area contributed by atoms with E-state index in [1.54, 1.807) is 19.1 Å². The normalized spacial score (nSPS) is 15.4. The Bertz CT molecular complexity index is 533. The van der Waals surface area contributed by atoms with Crippen LogP contribution in [0.25, 0.3) is 0 Å². The molecule has 0 spiro atoms. The Morgan fingerprint density at radius 1 is 1.23 bits per heavy atom. The van der Waals surface area contributed by atoms with Gasteiger partial charge in [0.1, 0.15) is 0 Å². The van der Waals surface area contributed by atoms with Crippen LogP contribution in [0.1, 0.15) is 61.9 Å². The molecule has 0 heterocycles. The highest BCUT2D eigenvalue weighted by atomic mass is 16.5. The van der Waals surface area contributed by atoms with Gasteiger partial charge in [0, 0.05) is 12.6 Å². The zero-order valence-electron chi connectivity index (χ0n) is 13.5. The van der Waals surface area contributed by atoms with Gasteiger partial charge in [0.15, 0.2) is 0 Å². The average molecular weight is 303 g/mol. The number of carbonyl (C=O) groups is 2. The lowest BCUT2D eigenvalue weighted by atomic mass is 9.84. The molecule has 22 heavy (non-hydrogen) atoms. The van der Waals surface area contributed by atoms with E-state index in [4.69, 9.17) is 4.74 Å². The topological polar surface area (TPSA) is 55.4 Å². The second kappa shape index (κ2) is 7.97. The predicted molar refractivity (Wildman–Crippen MR) is 87.0 cm³/mol. The number of carbonyl (C=O) groups excluding carboxylic acids is 2. The minimum atomic E-state index is -0.349. The maximum absolute atomic E-state index is 11.8. The summed E-state index contributed by atoms with van der Waals surface area (Å²) in [6.07, 6.45) is 7.37. The van der Waals surface area contributed by atoms with Crippen LogP contribution in [0.15, 0.2) is 18.2 Å². The fourth-order valence-corrected chi connectivity index (χ4v) is 3.10. The Morgan fingerprint density at radius 3 is 2.59 bits per heavy atom. The summed E-state index contributed by atoms with van der Waals surface area (Å²) in [4.78, 5) is 23.3. The van der Waals surface area contributed by atoms with Gasteiger partial charge in [0.25, 0.3) is 0 Å². The first-order valence-electron chi connectivity index (χ1n) is 8.17. The molecule has 1 fully saturated rings. The van der Waals surface area contributed by atoms with Crippen molar-refractivity contribution in [3.8, 4) is 0 Å². The fraction of sp³-hybridized carbons (Fsp3) is 0.556. The molecule has 1 N–H and O–H groups in total. The molecule has 4 heteroatoms. The molecule has 0 bridgehead atoms. The van der Waals surface area contributed by atoms with E-state index in [0.717, 1.165) is 17.7 Å². The first-order valence-corrected chi connectivity index (χ1v) is 8.17. The Kier molecular flexibility index (Phi) is 5.99. The molecular formula is C18H25NO3. The monoisotopic (exact) mass is 303 g/mol. The summed E-state index contributed by atoms with van der Waals surface area (Å²) in [5.41, 5.74) is 2.33. The summed E-state index contributed by atoms with van der Waals surface area (Å²) < 4.78 is 5.03. The fourth-order valence-electron chi connectivity index (χ4n) is 3.10. The summed E-state index contributed by atoms with van der Waals surface area (Å²) in [6.45, 7) is 3.61. The number of nitrogens with one attached hydrogen (secondary N) is 1. The van der Waals surface area contributed by atoms with Crippen LogP contribution >= 0.6 is 0 Å². The molecule has 1 aliphatic carbocycles. The molecule has 120 valence electrons. The largest absolute Gasteiger partial charge is 0.462 e. The van der Waals surface area contributed by atoms with E-state index in [1.165, 1.54) is 39.0 Å². The number of amides is 1. The Balaban J connectivity index is 2.19. The molecular weight excluding hydrogens is 278 g/mol. The highest BCUT2D eigenvalue weighted by Gasteiger charge is 2.17. The van der Waals surface area contributed by atoms with Gasteiger partial charge < -0.3 is 10.1 Å². The van der Waals surface area contributed by atoms with Crippen LogP contribution in [0.2, 0.25) is 0 Å². The Labute approximate surface area is 132 Å². The van der Waals surface area contributed by atoms with Crippen LogP contribution < -0.4 is 5.32 Å². The van der Waals surface area contributed by atoms with Gasteiger partial charge >= 0.3 is 5.97 Å². The highest BCUT2D eigenvalue weighted by molar-refractivity contribution is 5.94. The van der Waals surface area contributed by atoms with Crippen LogP contribution in [0, 0.1) is 5.92 Å². The van der Waals surface area contributed by atoms with Crippen molar-refractivity contribution in [2.24, 2.45) is 5.92 Å². The smallest absolute Gasteiger partial charge is 0.338 e. The minimum absolute atomic E-state index is 0.120. The molecule has 0 saturated heterocycles. The van der Waals surface area contributed by atoms with Gasteiger partial charge in [-0.1, -0.05) is 38.2 Å². The quantitative estimate of drug-likeness (QED) is 0.838. The minimum Gasteiger partial charge on any atom is -0.462 e. The van der Waals surface area contributed by atoms with Crippen LogP contribution in [0.4, 0.5) is 5.69 Å². The standard InChI is InChI=1S/C18H25NO3/c1-3-22-18(21)16-10-9-15(17(12-16)19-13(2)20)11-14-7-5-4-6-8-14/h9-10,12,14H,3-8,11H2,1-2H3,(H,19,20). The summed E-state index contributed by atoms with van der Waals surface area (Å²) in [7, 11) is 0.